The van der Waals surface area contributed by atoms with E-state index in [0.717, 1.165) is 24.5 Å². The molecule has 2 N–H and O–H groups in total. The van der Waals surface area contributed by atoms with Gasteiger partial charge in [-0.2, -0.15) is 0 Å². The molecule has 0 bridgehead atoms. The fourth-order valence-corrected chi connectivity index (χ4v) is 2.18. The second-order valence-corrected chi connectivity index (χ2v) is 3.80. The van der Waals surface area contributed by atoms with Crippen molar-refractivity contribution in [1.82, 2.24) is 10.3 Å². The summed E-state index contributed by atoms with van der Waals surface area (Å²) in [5.41, 5.74) is 1.90. The van der Waals surface area contributed by atoms with E-state index < -0.39 is 0 Å². The van der Waals surface area contributed by atoms with Gasteiger partial charge in [0.25, 0.3) is 0 Å². The third kappa shape index (κ3) is 1.27. The first-order chi connectivity index (χ1) is 7.36. The molecule has 2 aliphatic rings. The lowest BCUT2D eigenvalue weighted by Crippen LogP contribution is -2.58. The SMILES string of the molecule is O=C1Nc2cnccc2N2CCNCC12. The highest BCUT2D eigenvalue weighted by Gasteiger charge is 2.34. The van der Waals surface area contributed by atoms with Crippen molar-refractivity contribution in [2.45, 2.75) is 6.04 Å². The van der Waals surface area contributed by atoms with Crippen LogP contribution in [0.25, 0.3) is 0 Å². The van der Waals surface area contributed by atoms with Crippen LogP contribution in [0, 0.1) is 0 Å². The standard InChI is InChI=1S/C10H12N4O/c15-10-9-6-12-3-4-14(9)8-1-2-11-5-7(8)13-10/h1-2,5,9,12H,3-4,6H2,(H,13,15). The van der Waals surface area contributed by atoms with Crippen molar-refractivity contribution in [3.63, 3.8) is 0 Å². The van der Waals surface area contributed by atoms with E-state index >= 15 is 0 Å². The predicted molar refractivity (Wildman–Crippen MR) is 56.9 cm³/mol. The van der Waals surface area contributed by atoms with E-state index in [4.69, 9.17) is 0 Å². The highest BCUT2D eigenvalue weighted by atomic mass is 16.2. The molecule has 1 unspecified atom stereocenters. The molecule has 1 atom stereocenters. The Morgan fingerprint density at radius 1 is 1.53 bits per heavy atom. The Hall–Kier alpha value is -1.62. The fourth-order valence-electron chi connectivity index (χ4n) is 2.18. The van der Waals surface area contributed by atoms with Crippen LogP contribution in [0.5, 0.6) is 0 Å². The number of carbonyl (C=O) groups excluding carboxylic acids is 1. The van der Waals surface area contributed by atoms with Crippen molar-refractivity contribution >= 4 is 17.3 Å². The lowest BCUT2D eigenvalue weighted by atomic mass is 10.1. The number of anilines is 2. The van der Waals surface area contributed by atoms with Crippen molar-refractivity contribution in [2.75, 3.05) is 29.9 Å². The van der Waals surface area contributed by atoms with Crippen molar-refractivity contribution < 1.29 is 4.79 Å². The Balaban J connectivity index is 2.06. The van der Waals surface area contributed by atoms with E-state index in [1.165, 1.54) is 0 Å². The number of fused-ring (bicyclic) bond motifs is 3. The summed E-state index contributed by atoms with van der Waals surface area (Å²) < 4.78 is 0. The van der Waals surface area contributed by atoms with Gasteiger partial charge >= 0.3 is 0 Å². The summed E-state index contributed by atoms with van der Waals surface area (Å²) in [7, 11) is 0. The summed E-state index contributed by atoms with van der Waals surface area (Å²) in [6, 6.07) is 1.88. The molecule has 0 aromatic carbocycles. The molecule has 1 amide bonds. The maximum atomic E-state index is 11.8. The number of hydrogen-bond acceptors (Lipinski definition) is 4. The molecule has 0 radical (unpaired) electrons. The van der Waals surface area contributed by atoms with Gasteiger partial charge in [0.2, 0.25) is 5.91 Å². The molecule has 0 aliphatic carbocycles. The molecule has 1 fully saturated rings. The zero-order valence-electron chi connectivity index (χ0n) is 8.23. The van der Waals surface area contributed by atoms with Crippen LogP contribution in [0.1, 0.15) is 0 Å². The van der Waals surface area contributed by atoms with E-state index in [1.807, 2.05) is 6.07 Å². The summed E-state index contributed by atoms with van der Waals surface area (Å²) in [6.45, 7) is 2.51. The van der Waals surface area contributed by atoms with Crippen molar-refractivity contribution in [3.8, 4) is 0 Å². The zero-order chi connectivity index (χ0) is 10.3. The normalized spacial score (nSPS) is 24.1. The van der Waals surface area contributed by atoms with Crippen LogP contribution in [0.3, 0.4) is 0 Å². The van der Waals surface area contributed by atoms with Crippen LogP contribution in [0.15, 0.2) is 18.5 Å². The van der Waals surface area contributed by atoms with Crippen LogP contribution < -0.4 is 15.5 Å². The first kappa shape index (κ1) is 8.67. The van der Waals surface area contributed by atoms with Crippen LogP contribution in [0.4, 0.5) is 11.4 Å². The van der Waals surface area contributed by atoms with Gasteiger partial charge in [0.05, 0.1) is 17.6 Å². The molecule has 0 saturated carbocycles. The highest BCUT2D eigenvalue weighted by Crippen LogP contribution is 2.31. The van der Waals surface area contributed by atoms with E-state index in [1.54, 1.807) is 12.4 Å². The number of nitrogens with one attached hydrogen (secondary N) is 2. The number of amides is 1. The maximum Gasteiger partial charge on any atom is 0.248 e. The van der Waals surface area contributed by atoms with Crippen LogP contribution in [0.2, 0.25) is 0 Å². The average Bonchev–Trinajstić information content (AvgIpc) is 2.30. The minimum Gasteiger partial charge on any atom is -0.355 e. The number of aromatic nitrogens is 1. The number of nitrogens with zero attached hydrogens (tertiary/aromatic N) is 2. The Bertz CT molecular complexity index is 406. The predicted octanol–water partition coefficient (Wildman–Crippen LogP) is -0.188. The number of carbonyl (C=O) groups is 1. The van der Waals surface area contributed by atoms with Crippen LogP contribution in [-0.4, -0.2) is 36.6 Å². The Kier molecular flexibility index (Phi) is 1.85. The van der Waals surface area contributed by atoms with Gasteiger partial charge in [0.1, 0.15) is 6.04 Å². The molecular formula is C10H12N4O. The average molecular weight is 204 g/mol. The molecule has 1 saturated heterocycles. The summed E-state index contributed by atoms with van der Waals surface area (Å²) in [6.07, 6.45) is 3.46. The lowest BCUT2D eigenvalue weighted by molar-refractivity contribution is -0.117. The molecule has 5 nitrogen and oxygen atoms in total. The van der Waals surface area contributed by atoms with Gasteiger partial charge < -0.3 is 15.5 Å². The van der Waals surface area contributed by atoms with E-state index in [-0.39, 0.29) is 11.9 Å². The summed E-state index contributed by atoms with van der Waals surface area (Å²) >= 11 is 0. The van der Waals surface area contributed by atoms with Crippen molar-refractivity contribution in [3.05, 3.63) is 18.5 Å². The smallest absolute Gasteiger partial charge is 0.248 e. The Morgan fingerprint density at radius 2 is 2.47 bits per heavy atom. The lowest BCUT2D eigenvalue weighted by Gasteiger charge is -2.40. The fraction of sp³-hybridized carbons (Fsp3) is 0.400. The van der Waals surface area contributed by atoms with Gasteiger partial charge in [-0.3, -0.25) is 9.78 Å². The first-order valence-electron chi connectivity index (χ1n) is 5.08. The van der Waals surface area contributed by atoms with E-state index in [2.05, 4.69) is 20.5 Å². The van der Waals surface area contributed by atoms with E-state index in [0.29, 0.717) is 6.54 Å². The zero-order valence-corrected chi connectivity index (χ0v) is 8.23. The Morgan fingerprint density at radius 3 is 3.40 bits per heavy atom. The Labute approximate surface area is 87.5 Å². The number of hydrogen-bond donors (Lipinski definition) is 2. The minimum absolute atomic E-state index is 0.0581. The van der Waals surface area contributed by atoms with Gasteiger partial charge in [0.15, 0.2) is 0 Å². The number of rotatable bonds is 0. The second kappa shape index (κ2) is 3.20. The second-order valence-electron chi connectivity index (χ2n) is 3.80. The molecule has 2 aliphatic heterocycles. The molecule has 15 heavy (non-hydrogen) atoms. The monoisotopic (exact) mass is 204 g/mol. The van der Waals surface area contributed by atoms with Gasteiger partial charge in [-0.15, -0.1) is 0 Å². The molecule has 3 rings (SSSR count). The maximum absolute atomic E-state index is 11.8. The molecule has 3 heterocycles. The third-order valence-corrected chi connectivity index (χ3v) is 2.91. The van der Waals surface area contributed by atoms with Gasteiger partial charge in [-0.25, -0.2) is 0 Å². The van der Waals surface area contributed by atoms with Crippen molar-refractivity contribution in [2.24, 2.45) is 0 Å². The third-order valence-electron chi connectivity index (χ3n) is 2.91. The summed E-state index contributed by atoms with van der Waals surface area (Å²) in [4.78, 5) is 17.9. The number of pyridine rings is 1. The molecule has 1 aromatic rings. The summed E-state index contributed by atoms with van der Waals surface area (Å²) in [5, 5.41) is 6.10. The molecule has 1 aromatic heterocycles. The topological polar surface area (TPSA) is 57.3 Å². The van der Waals surface area contributed by atoms with Gasteiger partial charge in [-0.1, -0.05) is 0 Å². The first-order valence-corrected chi connectivity index (χ1v) is 5.08. The van der Waals surface area contributed by atoms with E-state index in [9.17, 15) is 4.79 Å². The van der Waals surface area contributed by atoms with Gasteiger partial charge in [-0.05, 0) is 6.07 Å². The van der Waals surface area contributed by atoms with Crippen LogP contribution in [-0.2, 0) is 4.79 Å². The quantitative estimate of drug-likeness (QED) is 0.615. The molecule has 5 heteroatoms. The van der Waals surface area contributed by atoms with Gasteiger partial charge in [0, 0.05) is 25.8 Å². The minimum atomic E-state index is -0.0753. The number of piperazine rings is 1. The molecule has 0 spiro atoms. The molecular weight excluding hydrogens is 192 g/mol. The highest BCUT2D eigenvalue weighted by molar-refractivity contribution is 6.03. The largest absolute Gasteiger partial charge is 0.355 e. The molecule has 78 valence electrons. The van der Waals surface area contributed by atoms with Crippen molar-refractivity contribution in [1.29, 1.82) is 0 Å². The summed E-state index contributed by atoms with van der Waals surface area (Å²) in [5.74, 6) is 0.0581. The van der Waals surface area contributed by atoms with Crippen LogP contribution >= 0.6 is 0 Å².